The molecule has 1 N–H and O–H groups in total. The lowest BCUT2D eigenvalue weighted by Crippen LogP contribution is -2.30. The molecule has 140 valence electrons. The van der Waals surface area contributed by atoms with Gasteiger partial charge in [0.2, 0.25) is 11.7 Å². The van der Waals surface area contributed by atoms with Crippen LogP contribution in [0.1, 0.15) is 44.2 Å². The second-order valence-corrected chi connectivity index (χ2v) is 7.29. The Morgan fingerprint density at radius 3 is 2.23 bits per heavy atom. The third kappa shape index (κ3) is 2.98. The summed E-state index contributed by atoms with van der Waals surface area (Å²) in [6.45, 7) is 6.15. The minimum absolute atomic E-state index is 0.0396. The topological polar surface area (TPSA) is 74.6 Å². The van der Waals surface area contributed by atoms with Crippen LogP contribution in [0.3, 0.4) is 0 Å². The zero-order valence-electron chi connectivity index (χ0n) is 16.0. The zero-order chi connectivity index (χ0) is 19.1. The van der Waals surface area contributed by atoms with Crippen LogP contribution in [0.2, 0.25) is 0 Å². The van der Waals surface area contributed by atoms with Crippen LogP contribution in [-0.4, -0.2) is 37.0 Å². The molecular formula is C19H25N3O4. The number of aromatic nitrogens is 2. The molecule has 0 saturated heterocycles. The monoisotopic (exact) mass is 359 g/mol. The van der Waals surface area contributed by atoms with E-state index in [2.05, 4.69) is 31.2 Å². The van der Waals surface area contributed by atoms with Gasteiger partial charge in [-0.2, -0.15) is 5.10 Å². The molecule has 0 bridgehead atoms. The first-order chi connectivity index (χ1) is 12.3. The molecule has 0 fully saturated rings. The highest BCUT2D eigenvalue weighted by Crippen LogP contribution is 2.45. The molecule has 0 unspecified atom stereocenters. The second kappa shape index (κ2) is 6.55. The zero-order valence-corrected chi connectivity index (χ0v) is 16.0. The minimum Gasteiger partial charge on any atom is -0.493 e. The second-order valence-electron chi connectivity index (χ2n) is 7.29. The molecule has 1 atom stereocenters. The van der Waals surface area contributed by atoms with Crippen molar-refractivity contribution in [3.05, 3.63) is 29.5 Å². The van der Waals surface area contributed by atoms with Gasteiger partial charge in [0.15, 0.2) is 11.5 Å². The molecule has 1 aromatic carbocycles. The quantitative estimate of drug-likeness (QED) is 0.908. The Kier molecular flexibility index (Phi) is 4.56. The third-order valence-electron chi connectivity index (χ3n) is 4.55. The van der Waals surface area contributed by atoms with Gasteiger partial charge in [0, 0.05) is 17.9 Å². The van der Waals surface area contributed by atoms with Gasteiger partial charge in [-0.25, -0.2) is 4.68 Å². The predicted molar refractivity (Wildman–Crippen MR) is 98.4 cm³/mol. The van der Waals surface area contributed by atoms with Crippen LogP contribution in [0.15, 0.2) is 18.3 Å². The summed E-state index contributed by atoms with van der Waals surface area (Å²) in [5.74, 6) is 2.23. The van der Waals surface area contributed by atoms with E-state index in [4.69, 9.17) is 14.2 Å². The molecule has 2 heterocycles. The first-order valence-electron chi connectivity index (χ1n) is 8.48. The molecular weight excluding hydrogens is 334 g/mol. The lowest BCUT2D eigenvalue weighted by molar-refractivity contribution is -0.116. The van der Waals surface area contributed by atoms with E-state index in [-0.39, 0.29) is 17.4 Å². The number of ether oxygens (including phenoxy) is 3. The number of fused-ring (bicyclic) bond motifs is 1. The summed E-state index contributed by atoms with van der Waals surface area (Å²) >= 11 is 0. The highest BCUT2D eigenvalue weighted by Gasteiger charge is 2.33. The van der Waals surface area contributed by atoms with E-state index in [9.17, 15) is 4.79 Å². The fraction of sp³-hybridized carbons (Fsp3) is 0.474. The highest BCUT2D eigenvalue weighted by atomic mass is 16.5. The Morgan fingerprint density at radius 1 is 1.12 bits per heavy atom. The summed E-state index contributed by atoms with van der Waals surface area (Å²) < 4.78 is 18.2. The molecule has 26 heavy (non-hydrogen) atoms. The first-order valence-corrected chi connectivity index (χ1v) is 8.48. The molecule has 2 aromatic rings. The Morgan fingerprint density at radius 2 is 1.73 bits per heavy atom. The number of rotatable bonds is 4. The average Bonchev–Trinajstić information content (AvgIpc) is 3.03. The summed E-state index contributed by atoms with van der Waals surface area (Å²) in [7, 11) is 4.73. The number of benzene rings is 1. The van der Waals surface area contributed by atoms with Gasteiger partial charge in [-0.3, -0.25) is 4.79 Å². The van der Waals surface area contributed by atoms with Crippen LogP contribution < -0.4 is 19.5 Å². The van der Waals surface area contributed by atoms with Crippen LogP contribution in [-0.2, 0) is 10.3 Å². The Hall–Kier alpha value is -2.70. The van der Waals surface area contributed by atoms with E-state index < -0.39 is 0 Å². The van der Waals surface area contributed by atoms with Gasteiger partial charge in [-0.15, -0.1) is 0 Å². The standard InChI is InChI=1S/C19H25N3O4/c1-19(2,3)22-18-13(10-20-22)12(9-16(23)21-18)11-7-14(24-4)17(26-6)15(8-11)25-5/h7-8,10,12H,9H2,1-6H3,(H,21,23)/t12-/m0/s1. The molecule has 1 aliphatic heterocycles. The molecule has 1 aliphatic rings. The number of amides is 1. The van der Waals surface area contributed by atoms with E-state index in [0.717, 1.165) is 16.9 Å². The van der Waals surface area contributed by atoms with Gasteiger partial charge in [0.1, 0.15) is 5.82 Å². The van der Waals surface area contributed by atoms with Gasteiger partial charge >= 0.3 is 0 Å². The van der Waals surface area contributed by atoms with Crippen LogP contribution in [0.4, 0.5) is 5.82 Å². The average molecular weight is 359 g/mol. The molecule has 0 spiro atoms. The van der Waals surface area contributed by atoms with Crippen molar-refractivity contribution in [3.8, 4) is 17.2 Å². The number of methoxy groups -OCH3 is 3. The maximum absolute atomic E-state index is 12.4. The van der Waals surface area contributed by atoms with Crippen molar-refractivity contribution >= 4 is 11.7 Å². The lowest BCUT2D eigenvalue weighted by atomic mass is 9.87. The van der Waals surface area contributed by atoms with E-state index in [1.54, 1.807) is 21.3 Å². The minimum atomic E-state index is -0.238. The van der Waals surface area contributed by atoms with Crippen molar-refractivity contribution in [2.45, 2.75) is 38.6 Å². The van der Waals surface area contributed by atoms with E-state index in [1.807, 2.05) is 23.0 Å². The van der Waals surface area contributed by atoms with E-state index in [1.165, 1.54) is 0 Å². The van der Waals surface area contributed by atoms with Gasteiger partial charge in [-0.1, -0.05) is 0 Å². The predicted octanol–water partition coefficient (Wildman–Crippen LogP) is 3.14. The van der Waals surface area contributed by atoms with Crippen LogP contribution >= 0.6 is 0 Å². The fourth-order valence-corrected chi connectivity index (χ4v) is 3.33. The molecule has 7 heteroatoms. The maximum atomic E-state index is 12.4. The fourth-order valence-electron chi connectivity index (χ4n) is 3.33. The molecule has 0 saturated carbocycles. The van der Waals surface area contributed by atoms with Crippen LogP contribution in [0, 0.1) is 0 Å². The smallest absolute Gasteiger partial charge is 0.226 e. The van der Waals surface area contributed by atoms with Crippen molar-refractivity contribution in [3.63, 3.8) is 0 Å². The third-order valence-corrected chi connectivity index (χ3v) is 4.55. The maximum Gasteiger partial charge on any atom is 0.226 e. The van der Waals surface area contributed by atoms with Gasteiger partial charge in [-0.05, 0) is 38.5 Å². The summed E-state index contributed by atoms with van der Waals surface area (Å²) in [5.41, 5.74) is 1.66. The largest absolute Gasteiger partial charge is 0.493 e. The number of hydrogen-bond acceptors (Lipinski definition) is 5. The van der Waals surface area contributed by atoms with Gasteiger partial charge < -0.3 is 19.5 Å². The number of carbonyl (C=O) groups is 1. The Balaban J connectivity index is 2.15. The van der Waals surface area contributed by atoms with Crippen LogP contribution in [0.25, 0.3) is 0 Å². The highest BCUT2D eigenvalue weighted by molar-refractivity contribution is 5.94. The van der Waals surface area contributed by atoms with Crippen molar-refractivity contribution in [1.82, 2.24) is 9.78 Å². The molecule has 0 radical (unpaired) electrons. The first kappa shape index (κ1) is 18.1. The van der Waals surface area contributed by atoms with E-state index in [0.29, 0.717) is 23.7 Å². The summed E-state index contributed by atoms with van der Waals surface area (Å²) in [6, 6.07) is 3.78. The molecule has 7 nitrogen and oxygen atoms in total. The van der Waals surface area contributed by atoms with Crippen molar-refractivity contribution in [2.24, 2.45) is 0 Å². The normalized spacial score (nSPS) is 16.7. The molecule has 1 amide bonds. The lowest BCUT2D eigenvalue weighted by Gasteiger charge is -2.28. The molecule has 3 rings (SSSR count). The van der Waals surface area contributed by atoms with Gasteiger partial charge in [0.05, 0.1) is 33.1 Å². The summed E-state index contributed by atoms with van der Waals surface area (Å²) in [4.78, 5) is 12.4. The van der Waals surface area contributed by atoms with Crippen molar-refractivity contribution < 1.29 is 19.0 Å². The Bertz CT molecular complexity index is 811. The number of nitrogens with one attached hydrogen (secondary N) is 1. The molecule has 0 aliphatic carbocycles. The van der Waals surface area contributed by atoms with Crippen molar-refractivity contribution in [1.29, 1.82) is 0 Å². The number of carbonyl (C=O) groups excluding carboxylic acids is 1. The number of nitrogens with zero attached hydrogens (tertiary/aromatic N) is 2. The molecule has 1 aromatic heterocycles. The summed E-state index contributed by atoms with van der Waals surface area (Å²) in [5, 5.41) is 7.48. The Labute approximate surface area is 153 Å². The number of hydrogen-bond donors (Lipinski definition) is 1. The van der Waals surface area contributed by atoms with E-state index >= 15 is 0 Å². The SMILES string of the molecule is COc1cc([C@@H]2CC(=O)Nc3c2cnn3C(C)(C)C)cc(OC)c1OC. The number of anilines is 1. The van der Waals surface area contributed by atoms with Gasteiger partial charge in [0.25, 0.3) is 0 Å². The van der Waals surface area contributed by atoms with Crippen LogP contribution in [0.5, 0.6) is 17.2 Å². The summed E-state index contributed by atoms with van der Waals surface area (Å²) in [6.07, 6.45) is 2.16. The van der Waals surface area contributed by atoms with Crippen molar-refractivity contribution in [2.75, 3.05) is 26.6 Å².